The molecule has 0 amide bonds. The summed E-state index contributed by atoms with van der Waals surface area (Å²) in [6, 6.07) is 11.9. The summed E-state index contributed by atoms with van der Waals surface area (Å²) in [6.45, 7) is 7.08. The highest BCUT2D eigenvalue weighted by molar-refractivity contribution is 5.75. The van der Waals surface area contributed by atoms with Crippen molar-refractivity contribution in [2.24, 2.45) is 0 Å². The van der Waals surface area contributed by atoms with E-state index in [0.29, 0.717) is 23.5 Å². The summed E-state index contributed by atoms with van der Waals surface area (Å²) >= 11 is 0. The Balaban J connectivity index is 1.55. The van der Waals surface area contributed by atoms with Crippen molar-refractivity contribution in [2.75, 3.05) is 12.3 Å². The largest absolute Gasteiger partial charge is 0.397 e. The van der Waals surface area contributed by atoms with Crippen molar-refractivity contribution in [3.63, 3.8) is 0 Å². The predicted octanol–water partition coefficient (Wildman–Crippen LogP) is 4.97. The zero-order chi connectivity index (χ0) is 23.9. The topological polar surface area (TPSA) is 92.5 Å². The summed E-state index contributed by atoms with van der Waals surface area (Å²) in [5, 5.41) is 3.40. The lowest BCUT2D eigenvalue weighted by molar-refractivity contribution is 0.603. The van der Waals surface area contributed by atoms with Crippen LogP contribution in [0.1, 0.15) is 29.6 Å². The van der Waals surface area contributed by atoms with Gasteiger partial charge in [-0.05, 0) is 35.8 Å². The molecule has 4 aromatic rings. The number of pyridine rings is 2. The summed E-state index contributed by atoms with van der Waals surface area (Å²) in [5.41, 5.74) is 11.3. The lowest BCUT2D eigenvalue weighted by Gasteiger charge is -2.12. The Hall–Kier alpha value is -4.10. The van der Waals surface area contributed by atoms with Crippen molar-refractivity contribution >= 4 is 22.3 Å². The first-order valence-corrected chi connectivity index (χ1v) is 11.0. The molecular formula is C27H27FN6. The van der Waals surface area contributed by atoms with Gasteiger partial charge in [0.1, 0.15) is 11.5 Å². The van der Waals surface area contributed by atoms with E-state index in [1.807, 2.05) is 37.3 Å². The molecule has 172 valence electrons. The number of H-pyrrole nitrogens is 1. The van der Waals surface area contributed by atoms with Crippen LogP contribution in [0, 0.1) is 5.82 Å². The van der Waals surface area contributed by atoms with E-state index in [1.54, 1.807) is 24.5 Å². The molecule has 0 fully saturated rings. The molecule has 3 aromatic heterocycles. The maximum absolute atomic E-state index is 15.6. The van der Waals surface area contributed by atoms with Crippen molar-refractivity contribution in [1.29, 1.82) is 0 Å². The second kappa shape index (κ2) is 10.7. The van der Waals surface area contributed by atoms with Crippen LogP contribution in [0.2, 0.25) is 0 Å². The average Bonchev–Trinajstić information content (AvgIpc) is 3.28. The minimum atomic E-state index is -0.455. The minimum Gasteiger partial charge on any atom is -0.397 e. The van der Waals surface area contributed by atoms with Crippen LogP contribution in [-0.4, -0.2) is 26.5 Å². The van der Waals surface area contributed by atoms with E-state index in [1.165, 1.54) is 11.8 Å². The Morgan fingerprint density at radius 3 is 2.76 bits per heavy atom. The summed E-state index contributed by atoms with van der Waals surface area (Å²) < 4.78 is 15.6. The highest BCUT2D eigenvalue weighted by Gasteiger charge is 2.17. The molecule has 0 spiro atoms. The molecule has 4 rings (SSSR count). The molecule has 0 saturated heterocycles. The zero-order valence-corrected chi connectivity index (χ0v) is 19.1. The maximum Gasteiger partial charge on any atom is 0.155 e. The Morgan fingerprint density at radius 2 is 2.03 bits per heavy atom. The molecule has 7 heteroatoms. The molecule has 0 aliphatic heterocycles. The van der Waals surface area contributed by atoms with E-state index in [-0.39, 0.29) is 17.8 Å². The number of fused-ring (bicyclic) bond motifs is 1. The minimum absolute atomic E-state index is 0.218. The second-order valence-electron chi connectivity index (χ2n) is 7.86. The van der Waals surface area contributed by atoms with Crippen LogP contribution in [0.5, 0.6) is 0 Å². The second-order valence-corrected chi connectivity index (χ2v) is 7.86. The van der Waals surface area contributed by atoms with E-state index >= 15 is 4.39 Å². The van der Waals surface area contributed by atoms with Gasteiger partial charge in [0, 0.05) is 31.3 Å². The third-order valence-electron chi connectivity index (χ3n) is 5.52. The van der Waals surface area contributed by atoms with Crippen LogP contribution in [0.25, 0.3) is 16.6 Å². The monoisotopic (exact) mass is 454 g/mol. The number of aromatic amines is 1. The van der Waals surface area contributed by atoms with Gasteiger partial charge >= 0.3 is 0 Å². The van der Waals surface area contributed by atoms with Crippen LogP contribution in [-0.2, 0) is 13.0 Å². The number of nitrogen functional groups attached to an aromatic ring is 1. The van der Waals surface area contributed by atoms with Crippen molar-refractivity contribution in [1.82, 2.24) is 25.3 Å². The number of aromatic nitrogens is 4. The van der Waals surface area contributed by atoms with Gasteiger partial charge in [0.25, 0.3) is 0 Å². The lowest BCUT2D eigenvalue weighted by atomic mass is 10.0. The van der Waals surface area contributed by atoms with Crippen molar-refractivity contribution < 1.29 is 4.39 Å². The number of anilines is 1. The summed E-state index contributed by atoms with van der Waals surface area (Å²) in [4.78, 5) is 16.1. The molecule has 0 atom stereocenters. The van der Waals surface area contributed by atoms with Gasteiger partial charge in [0.2, 0.25) is 0 Å². The first-order valence-electron chi connectivity index (χ1n) is 11.0. The van der Waals surface area contributed by atoms with Gasteiger partial charge in [-0.1, -0.05) is 49.1 Å². The van der Waals surface area contributed by atoms with Gasteiger partial charge < -0.3 is 16.0 Å². The van der Waals surface area contributed by atoms with Crippen molar-refractivity contribution in [2.45, 2.75) is 19.9 Å². The number of nitrogens with zero attached hydrogens (tertiary/aromatic N) is 3. The summed E-state index contributed by atoms with van der Waals surface area (Å²) in [5.74, 6) is 0.156. The highest BCUT2D eigenvalue weighted by Crippen LogP contribution is 2.27. The maximum atomic E-state index is 15.6. The molecule has 0 saturated carbocycles. The van der Waals surface area contributed by atoms with Crippen LogP contribution < -0.4 is 11.1 Å². The molecule has 0 unspecified atom stereocenters. The molecule has 0 radical (unpaired) electrons. The molecule has 34 heavy (non-hydrogen) atoms. The fourth-order valence-corrected chi connectivity index (χ4v) is 3.70. The first kappa shape index (κ1) is 23.1. The fraction of sp³-hybridized carbons (Fsp3) is 0.148. The van der Waals surface area contributed by atoms with Gasteiger partial charge in [0.05, 0.1) is 29.1 Å². The smallest absolute Gasteiger partial charge is 0.155 e. The molecular weight excluding hydrogens is 427 g/mol. The Morgan fingerprint density at radius 1 is 1.21 bits per heavy atom. The van der Waals surface area contributed by atoms with E-state index < -0.39 is 5.82 Å². The fourth-order valence-electron chi connectivity index (χ4n) is 3.70. The van der Waals surface area contributed by atoms with Crippen LogP contribution >= 0.6 is 0 Å². The first-order chi connectivity index (χ1) is 16.6. The standard InChI is InChI=1S/C27H27FN6/c1-3-18(14-31-15-19-8-6-5-7-9-19)12-20(4-2)27-26(28)21(22(29)16-32-27)13-25-33-23-10-11-30-17-24(23)34-25/h3-12,16-17,31H,1,13-15,29H2,2H3,(H,33,34)/b18-12+,20-4+. The molecule has 6 nitrogen and oxygen atoms in total. The third kappa shape index (κ3) is 5.27. The number of allylic oxidation sites excluding steroid dienone is 3. The van der Waals surface area contributed by atoms with Gasteiger partial charge in [-0.25, -0.2) is 9.37 Å². The third-order valence-corrected chi connectivity index (χ3v) is 5.52. The van der Waals surface area contributed by atoms with E-state index in [4.69, 9.17) is 5.73 Å². The Labute approximate surface area is 198 Å². The van der Waals surface area contributed by atoms with Crippen molar-refractivity contribution in [3.8, 4) is 0 Å². The summed E-state index contributed by atoms with van der Waals surface area (Å²) in [7, 11) is 0. The Kier molecular flexibility index (Phi) is 7.25. The number of nitrogens with one attached hydrogen (secondary N) is 2. The van der Waals surface area contributed by atoms with Crippen molar-refractivity contribution in [3.05, 3.63) is 114 Å². The molecule has 0 bridgehead atoms. The number of nitrogens with two attached hydrogens (primary N) is 1. The number of rotatable bonds is 9. The normalized spacial score (nSPS) is 12.3. The highest BCUT2D eigenvalue weighted by atomic mass is 19.1. The van der Waals surface area contributed by atoms with Crippen LogP contribution in [0.3, 0.4) is 0 Å². The van der Waals surface area contributed by atoms with E-state index in [2.05, 4.69) is 44.0 Å². The zero-order valence-electron chi connectivity index (χ0n) is 19.1. The SMILES string of the molecule is C=C/C(=C\C(=C/C)c1ncc(N)c(Cc2nc3ccncc3[nH]2)c1F)CNCc1ccccc1. The van der Waals surface area contributed by atoms with Crippen LogP contribution in [0.15, 0.2) is 85.4 Å². The van der Waals surface area contributed by atoms with E-state index in [9.17, 15) is 0 Å². The molecule has 3 heterocycles. The van der Waals surface area contributed by atoms with Gasteiger partial charge in [-0.3, -0.25) is 9.97 Å². The number of halogens is 1. The molecule has 0 aliphatic rings. The number of hydrogen-bond acceptors (Lipinski definition) is 5. The molecule has 4 N–H and O–H groups in total. The number of hydrogen-bond donors (Lipinski definition) is 3. The van der Waals surface area contributed by atoms with Gasteiger partial charge in [0.15, 0.2) is 5.82 Å². The predicted molar refractivity (Wildman–Crippen MR) is 135 cm³/mol. The van der Waals surface area contributed by atoms with Gasteiger partial charge in [-0.15, -0.1) is 0 Å². The van der Waals surface area contributed by atoms with Crippen LogP contribution in [0.4, 0.5) is 10.1 Å². The number of benzene rings is 1. The lowest BCUT2D eigenvalue weighted by Crippen LogP contribution is -2.16. The van der Waals surface area contributed by atoms with E-state index in [0.717, 1.165) is 23.2 Å². The summed E-state index contributed by atoms with van der Waals surface area (Å²) in [6.07, 6.45) is 10.6. The number of imidazole rings is 1. The Bertz CT molecular complexity index is 1320. The van der Waals surface area contributed by atoms with Gasteiger partial charge in [-0.2, -0.15) is 0 Å². The average molecular weight is 455 g/mol. The quantitative estimate of drug-likeness (QED) is 0.311. The molecule has 1 aromatic carbocycles. The molecule has 0 aliphatic carbocycles.